The van der Waals surface area contributed by atoms with Crippen LogP contribution in [0.15, 0.2) is 76.9 Å². The summed E-state index contributed by atoms with van der Waals surface area (Å²) in [5.41, 5.74) is 0.877. The molecule has 2 heterocycles. The fourth-order valence-corrected chi connectivity index (χ4v) is 3.07. The number of nitrogens with one attached hydrogen (secondary N) is 1. The average Bonchev–Trinajstić information content (AvgIpc) is 3.27. The highest BCUT2D eigenvalue weighted by atomic mass is 19.1. The Morgan fingerprint density at radius 1 is 1.03 bits per heavy atom. The van der Waals surface area contributed by atoms with Gasteiger partial charge in [-0.2, -0.15) is 0 Å². The van der Waals surface area contributed by atoms with Crippen molar-refractivity contribution in [2.24, 2.45) is 0 Å². The van der Waals surface area contributed by atoms with Crippen molar-refractivity contribution in [2.75, 3.05) is 0 Å². The number of urea groups is 1. The van der Waals surface area contributed by atoms with Crippen LogP contribution in [0.4, 0.5) is 9.18 Å². The number of amides is 4. The van der Waals surface area contributed by atoms with Crippen LogP contribution in [-0.2, 0) is 22.7 Å². The number of furan rings is 1. The van der Waals surface area contributed by atoms with Crippen molar-refractivity contribution in [2.45, 2.75) is 13.2 Å². The fourth-order valence-electron chi connectivity index (χ4n) is 3.07. The van der Waals surface area contributed by atoms with Crippen LogP contribution in [-0.4, -0.2) is 22.7 Å². The first-order valence-electron chi connectivity index (χ1n) is 9.39. The number of para-hydroxylation sites is 1. The van der Waals surface area contributed by atoms with Crippen LogP contribution >= 0.6 is 0 Å². The van der Waals surface area contributed by atoms with Gasteiger partial charge in [0.25, 0.3) is 11.8 Å². The summed E-state index contributed by atoms with van der Waals surface area (Å²) < 4.78 is 24.3. The molecule has 1 fully saturated rings. The van der Waals surface area contributed by atoms with Crippen LogP contribution in [0, 0.1) is 5.82 Å². The zero-order valence-electron chi connectivity index (χ0n) is 16.2. The summed E-state index contributed by atoms with van der Waals surface area (Å²) >= 11 is 0. The first kappa shape index (κ1) is 20.1. The van der Waals surface area contributed by atoms with E-state index in [2.05, 4.69) is 5.32 Å². The molecular formula is C23H17FN2O5. The second-order valence-electron chi connectivity index (χ2n) is 6.74. The predicted molar refractivity (Wildman–Crippen MR) is 108 cm³/mol. The Balaban J connectivity index is 1.58. The molecule has 31 heavy (non-hydrogen) atoms. The molecule has 1 aliphatic rings. The molecule has 0 saturated carbocycles. The van der Waals surface area contributed by atoms with E-state index < -0.39 is 17.8 Å². The molecule has 156 valence electrons. The molecule has 8 heteroatoms. The summed E-state index contributed by atoms with van der Waals surface area (Å²) in [5.74, 6) is -1.12. The summed E-state index contributed by atoms with van der Waals surface area (Å²) in [7, 11) is 0. The third-order valence-electron chi connectivity index (χ3n) is 4.58. The number of hydrogen-bond acceptors (Lipinski definition) is 5. The minimum atomic E-state index is -0.820. The van der Waals surface area contributed by atoms with Gasteiger partial charge in [0, 0.05) is 5.56 Å². The summed E-state index contributed by atoms with van der Waals surface area (Å²) in [6.07, 6.45) is 2.79. The van der Waals surface area contributed by atoms with Crippen LogP contribution in [0.5, 0.6) is 5.75 Å². The number of ether oxygens (including phenoxy) is 1. The Kier molecular flexibility index (Phi) is 5.61. The molecule has 1 N–H and O–H groups in total. The minimum Gasteiger partial charge on any atom is -0.488 e. The number of halogens is 1. The molecule has 1 aromatic heterocycles. The lowest BCUT2D eigenvalue weighted by atomic mass is 10.1. The molecule has 0 unspecified atom stereocenters. The predicted octanol–water partition coefficient (Wildman–Crippen LogP) is 3.66. The lowest BCUT2D eigenvalue weighted by Crippen LogP contribution is -2.53. The largest absolute Gasteiger partial charge is 0.488 e. The molecule has 0 spiro atoms. The van der Waals surface area contributed by atoms with Crippen molar-refractivity contribution in [1.82, 2.24) is 10.2 Å². The highest BCUT2D eigenvalue weighted by Crippen LogP contribution is 2.24. The van der Waals surface area contributed by atoms with Crippen molar-refractivity contribution in [3.05, 3.63) is 95.2 Å². The normalized spacial score (nSPS) is 15.3. The zero-order valence-corrected chi connectivity index (χ0v) is 16.2. The van der Waals surface area contributed by atoms with Gasteiger partial charge in [0.05, 0.1) is 12.8 Å². The second kappa shape index (κ2) is 8.66. The van der Waals surface area contributed by atoms with E-state index in [1.807, 2.05) is 0 Å². The molecule has 7 nitrogen and oxygen atoms in total. The van der Waals surface area contributed by atoms with Crippen molar-refractivity contribution >= 4 is 23.9 Å². The quantitative estimate of drug-likeness (QED) is 0.486. The Hall–Kier alpha value is -4.20. The molecular weight excluding hydrogens is 403 g/mol. The van der Waals surface area contributed by atoms with Crippen LogP contribution in [0.2, 0.25) is 0 Å². The summed E-state index contributed by atoms with van der Waals surface area (Å²) in [6, 6.07) is 15.2. The lowest BCUT2D eigenvalue weighted by Gasteiger charge is -2.25. The molecule has 1 saturated heterocycles. The van der Waals surface area contributed by atoms with Crippen molar-refractivity contribution in [1.29, 1.82) is 0 Å². The maximum absolute atomic E-state index is 13.4. The Morgan fingerprint density at radius 3 is 2.65 bits per heavy atom. The Bertz CT molecular complexity index is 1170. The monoisotopic (exact) mass is 420 g/mol. The number of barbiturate groups is 1. The van der Waals surface area contributed by atoms with E-state index in [0.29, 0.717) is 22.6 Å². The van der Waals surface area contributed by atoms with Gasteiger partial charge in [-0.05, 0) is 42.0 Å². The van der Waals surface area contributed by atoms with Gasteiger partial charge < -0.3 is 9.15 Å². The molecule has 4 amide bonds. The number of benzene rings is 2. The Labute approximate surface area is 176 Å². The number of rotatable bonds is 6. The number of carbonyl (C=O) groups is 3. The molecule has 1 aliphatic heterocycles. The molecule has 0 bridgehead atoms. The third kappa shape index (κ3) is 4.53. The molecule has 3 aromatic rings. The maximum Gasteiger partial charge on any atom is 0.331 e. The lowest BCUT2D eigenvalue weighted by molar-refractivity contribution is -0.130. The second-order valence-corrected chi connectivity index (χ2v) is 6.74. The number of hydrogen-bond donors (Lipinski definition) is 1. The average molecular weight is 420 g/mol. The standard InChI is InChI=1S/C23H17FN2O5/c24-17-7-3-5-15(11-17)14-31-20-9-2-1-6-16(20)12-19-21(27)25-23(29)26(22(19)28)13-18-8-4-10-30-18/h1-12H,13-14H2,(H,25,27,29)/b19-12+. The summed E-state index contributed by atoms with van der Waals surface area (Å²) in [6.45, 7) is -0.0127. The van der Waals surface area contributed by atoms with E-state index in [9.17, 15) is 18.8 Å². The van der Waals surface area contributed by atoms with E-state index in [4.69, 9.17) is 9.15 Å². The topological polar surface area (TPSA) is 88.9 Å². The SMILES string of the molecule is O=C1NC(=O)N(Cc2ccco2)C(=O)/C1=C/c1ccccc1OCc1cccc(F)c1. The molecule has 0 atom stereocenters. The number of carbonyl (C=O) groups excluding carboxylic acids is 3. The summed E-state index contributed by atoms with van der Waals surface area (Å²) in [4.78, 5) is 38.2. The molecule has 0 aliphatic carbocycles. The number of nitrogens with zero attached hydrogens (tertiary/aromatic N) is 1. The Morgan fingerprint density at radius 2 is 1.87 bits per heavy atom. The van der Waals surface area contributed by atoms with Gasteiger partial charge in [0.1, 0.15) is 29.5 Å². The zero-order chi connectivity index (χ0) is 21.8. The van der Waals surface area contributed by atoms with Gasteiger partial charge in [-0.1, -0.05) is 30.3 Å². The minimum absolute atomic E-state index is 0.0984. The van der Waals surface area contributed by atoms with E-state index in [-0.39, 0.29) is 24.5 Å². The fraction of sp³-hybridized carbons (Fsp3) is 0.0870. The van der Waals surface area contributed by atoms with E-state index in [1.54, 1.807) is 48.5 Å². The molecule has 4 rings (SSSR count). The first-order valence-corrected chi connectivity index (χ1v) is 9.39. The smallest absolute Gasteiger partial charge is 0.331 e. The third-order valence-corrected chi connectivity index (χ3v) is 4.58. The van der Waals surface area contributed by atoms with Gasteiger partial charge in [0.15, 0.2) is 0 Å². The number of imide groups is 2. The first-order chi connectivity index (χ1) is 15.0. The highest BCUT2D eigenvalue weighted by Gasteiger charge is 2.36. The molecule has 2 aromatic carbocycles. The van der Waals surface area contributed by atoms with Gasteiger partial charge in [0.2, 0.25) is 0 Å². The maximum atomic E-state index is 13.4. The van der Waals surface area contributed by atoms with Crippen LogP contribution in [0.1, 0.15) is 16.9 Å². The van der Waals surface area contributed by atoms with Gasteiger partial charge in [-0.25, -0.2) is 9.18 Å². The molecule has 0 radical (unpaired) electrons. The van der Waals surface area contributed by atoms with Crippen molar-refractivity contribution in [3.63, 3.8) is 0 Å². The summed E-state index contributed by atoms with van der Waals surface area (Å²) in [5, 5.41) is 2.16. The van der Waals surface area contributed by atoms with Crippen molar-refractivity contribution < 1.29 is 27.9 Å². The van der Waals surface area contributed by atoms with Gasteiger partial charge in [-0.3, -0.25) is 19.8 Å². The van der Waals surface area contributed by atoms with Crippen LogP contribution < -0.4 is 10.1 Å². The highest BCUT2D eigenvalue weighted by molar-refractivity contribution is 6.31. The van der Waals surface area contributed by atoms with Crippen LogP contribution in [0.25, 0.3) is 6.08 Å². The van der Waals surface area contributed by atoms with Gasteiger partial charge >= 0.3 is 6.03 Å². The van der Waals surface area contributed by atoms with Crippen LogP contribution in [0.3, 0.4) is 0 Å². The van der Waals surface area contributed by atoms with E-state index >= 15 is 0 Å². The van der Waals surface area contributed by atoms with Crippen molar-refractivity contribution in [3.8, 4) is 5.75 Å². The van der Waals surface area contributed by atoms with E-state index in [0.717, 1.165) is 4.90 Å². The van der Waals surface area contributed by atoms with E-state index in [1.165, 1.54) is 24.5 Å². The van der Waals surface area contributed by atoms with Gasteiger partial charge in [-0.15, -0.1) is 0 Å².